The Hall–Kier alpha value is -0.770. The lowest BCUT2D eigenvalue weighted by atomic mass is 9.81. The van der Waals surface area contributed by atoms with E-state index in [0.29, 0.717) is 0 Å². The van der Waals surface area contributed by atoms with E-state index in [9.17, 15) is 0 Å². The van der Waals surface area contributed by atoms with Gasteiger partial charge in [-0.3, -0.25) is 0 Å². The maximum Gasteiger partial charge on any atom is 0.120 e. The van der Waals surface area contributed by atoms with E-state index in [1.54, 1.807) is 14.2 Å². The predicted molar refractivity (Wildman–Crippen MR) is 80.4 cm³/mol. The summed E-state index contributed by atoms with van der Waals surface area (Å²) in [7, 11) is 3.36. The number of hydrogen-bond acceptors (Lipinski definition) is 3. The molecule has 19 heavy (non-hydrogen) atoms. The van der Waals surface area contributed by atoms with Crippen LogP contribution >= 0.6 is 11.6 Å². The summed E-state index contributed by atoms with van der Waals surface area (Å²) in [6.45, 7) is 6.97. The number of rotatable bonds is 8. The molecular weight excluding hydrogens is 262 g/mol. The summed E-state index contributed by atoms with van der Waals surface area (Å²) < 4.78 is 10.2. The molecule has 1 aromatic carbocycles. The predicted octanol–water partition coefficient (Wildman–Crippen LogP) is 3.25. The Balaban J connectivity index is 2.61. The summed E-state index contributed by atoms with van der Waals surface area (Å²) in [4.78, 5) is 0. The molecule has 0 fully saturated rings. The lowest BCUT2D eigenvalue weighted by Gasteiger charge is -2.27. The first-order valence-electron chi connectivity index (χ1n) is 6.55. The molecule has 0 heterocycles. The first-order chi connectivity index (χ1) is 9.01. The van der Waals surface area contributed by atoms with Gasteiger partial charge in [0.25, 0.3) is 0 Å². The topological polar surface area (TPSA) is 30.5 Å². The number of hydrogen-bond donors (Lipinski definition) is 1. The van der Waals surface area contributed by atoms with Crippen molar-refractivity contribution in [1.82, 2.24) is 5.32 Å². The van der Waals surface area contributed by atoms with E-state index in [1.807, 2.05) is 12.1 Å². The third-order valence-corrected chi connectivity index (χ3v) is 3.63. The van der Waals surface area contributed by atoms with E-state index < -0.39 is 0 Å². The number of benzene rings is 1. The van der Waals surface area contributed by atoms with Crippen molar-refractivity contribution < 1.29 is 9.47 Å². The van der Waals surface area contributed by atoms with Gasteiger partial charge < -0.3 is 14.8 Å². The van der Waals surface area contributed by atoms with Crippen LogP contribution in [0.25, 0.3) is 0 Å². The lowest BCUT2D eigenvalue weighted by molar-refractivity contribution is 0.198. The second-order valence-electron chi connectivity index (χ2n) is 5.22. The van der Waals surface area contributed by atoms with Gasteiger partial charge in [0.2, 0.25) is 0 Å². The normalized spacial score (nSPS) is 11.6. The van der Waals surface area contributed by atoms with Gasteiger partial charge in [0.15, 0.2) is 0 Å². The summed E-state index contributed by atoms with van der Waals surface area (Å²) in [6, 6.07) is 5.88. The van der Waals surface area contributed by atoms with Gasteiger partial charge in [-0.15, -0.1) is 0 Å². The Morgan fingerprint density at radius 2 is 1.95 bits per heavy atom. The van der Waals surface area contributed by atoms with E-state index in [4.69, 9.17) is 21.1 Å². The molecule has 0 aliphatic carbocycles. The summed E-state index contributed by atoms with van der Waals surface area (Å²) in [5.41, 5.74) is 1.19. The molecule has 0 spiro atoms. The van der Waals surface area contributed by atoms with Gasteiger partial charge in [0.05, 0.1) is 13.7 Å². The molecule has 4 heteroatoms. The minimum absolute atomic E-state index is 0.0312. The van der Waals surface area contributed by atoms with Crippen LogP contribution in [-0.4, -0.2) is 33.9 Å². The minimum Gasteiger partial charge on any atom is -0.497 e. The van der Waals surface area contributed by atoms with Crippen molar-refractivity contribution >= 4 is 11.6 Å². The SMILES string of the molecule is COCCNCCC(C)(C)c1ccc(OC)cc1Cl. The number of methoxy groups -OCH3 is 2. The highest BCUT2D eigenvalue weighted by Gasteiger charge is 2.23. The molecule has 1 N–H and O–H groups in total. The second-order valence-corrected chi connectivity index (χ2v) is 5.63. The zero-order chi connectivity index (χ0) is 14.3. The third kappa shape index (κ3) is 5.01. The largest absolute Gasteiger partial charge is 0.497 e. The molecule has 0 saturated carbocycles. The Bertz CT molecular complexity index is 394. The first-order valence-corrected chi connectivity index (χ1v) is 6.92. The lowest BCUT2D eigenvalue weighted by Crippen LogP contribution is -2.27. The minimum atomic E-state index is 0.0312. The Kier molecular flexibility index (Phi) is 6.63. The highest BCUT2D eigenvalue weighted by molar-refractivity contribution is 6.31. The highest BCUT2D eigenvalue weighted by atomic mass is 35.5. The van der Waals surface area contributed by atoms with Gasteiger partial charge in [-0.25, -0.2) is 0 Å². The van der Waals surface area contributed by atoms with Crippen LogP contribution in [0, 0.1) is 0 Å². The molecule has 0 unspecified atom stereocenters. The van der Waals surface area contributed by atoms with Crippen LogP contribution in [0.3, 0.4) is 0 Å². The second kappa shape index (κ2) is 7.73. The molecule has 3 nitrogen and oxygen atoms in total. The van der Waals surface area contributed by atoms with Gasteiger partial charge in [0.1, 0.15) is 5.75 Å². The van der Waals surface area contributed by atoms with Gasteiger partial charge in [-0.05, 0) is 36.1 Å². The Morgan fingerprint density at radius 3 is 2.53 bits per heavy atom. The van der Waals surface area contributed by atoms with Crippen molar-refractivity contribution in [1.29, 1.82) is 0 Å². The fraction of sp³-hybridized carbons (Fsp3) is 0.600. The molecule has 0 atom stereocenters. The summed E-state index contributed by atoms with van der Waals surface area (Å²) in [5, 5.41) is 4.13. The van der Waals surface area contributed by atoms with Gasteiger partial charge >= 0.3 is 0 Å². The van der Waals surface area contributed by atoms with Gasteiger partial charge in [0, 0.05) is 18.7 Å². The molecule has 0 aliphatic rings. The van der Waals surface area contributed by atoms with E-state index in [-0.39, 0.29) is 5.41 Å². The fourth-order valence-electron chi connectivity index (χ4n) is 2.01. The van der Waals surface area contributed by atoms with Crippen molar-refractivity contribution in [2.24, 2.45) is 0 Å². The maximum atomic E-state index is 6.33. The van der Waals surface area contributed by atoms with Crippen LogP contribution in [0.1, 0.15) is 25.8 Å². The van der Waals surface area contributed by atoms with Crippen molar-refractivity contribution in [3.63, 3.8) is 0 Å². The molecule has 0 aliphatic heterocycles. The molecule has 0 bridgehead atoms. The zero-order valence-electron chi connectivity index (χ0n) is 12.3. The van der Waals surface area contributed by atoms with Crippen molar-refractivity contribution in [2.75, 3.05) is 33.9 Å². The van der Waals surface area contributed by atoms with Gasteiger partial charge in [-0.1, -0.05) is 31.5 Å². The summed E-state index contributed by atoms with van der Waals surface area (Å²) >= 11 is 6.33. The molecule has 0 aromatic heterocycles. The number of nitrogens with one attached hydrogen (secondary N) is 1. The summed E-state index contributed by atoms with van der Waals surface area (Å²) in [6.07, 6.45) is 1.02. The molecule has 1 aromatic rings. The highest BCUT2D eigenvalue weighted by Crippen LogP contribution is 2.34. The quantitative estimate of drug-likeness (QED) is 0.744. The van der Waals surface area contributed by atoms with Crippen molar-refractivity contribution in [3.05, 3.63) is 28.8 Å². The fourth-order valence-corrected chi connectivity index (χ4v) is 2.43. The van der Waals surface area contributed by atoms with Crippen molar-refractivity contribution in [3.8, 4) is 5.75 Å². The molecular formula is C15H24ClNO2. The molecule has 0 amide bonds. The Labute approximate surface area is 121 Å². The van der Waals surface area contributed by atoms with Crippen LogP contribution in [-0.2, 0) is 10.2 Å². The van der Waals surface area contributed by atoms with E-state index in [0.717, 1.165) is 42.5 Å². The summed E-state index contributed by atoms with van der Waals surface area (Å²) in [5.74, 6) is 0.794. The average molecular weight is 286 g/mol. The standard InChI is InChI=1S/C15H24ClNO2/c1-15(2,7-8-17-9-10-18-3)13-6-5-12(19-4)11-14(13)16/h5-6,11,17H,7-10H2,1-4H3. The van der Waals surface area contributed by atoms with E-state index in [2.05, 4.69) is 25.2 Å². The van der Waals surface area contributed by atoms with Crippen LogP contribution in [0.5, 0.6) is 5.75 Å². The molecule has 0 radical (unpaired) electrons. The average Bonchev–Trinajstić information content (AvgIpc) is 2.37. The Morgan fingerprint density at radius 1 is 1.21 bits per heavy atom. The van der Waals surface area contributed by atoms with Gasteiger partial charge in [-0.2, -0.15) is 0 Å². The van der Waals surface area contributed by atoms with Crippen LogP contribution in [0.2, 0.25) is 5.02 Å². The maximum absolute atomic E-state index is 6.33. The smallest absolute Gasteiger partial charge is 0.120 e. The van der Waals surface area contributed by atoms with E-state index in [1.165, 1.54) is 0 Å². The number of halogens is 1. The molecule has 108 valence electrons. The monoisotopic (exact) mass is 285 g/mol. The molecule has 0 saturated heterocycles. The number of ether oxygens (including phenoxy) is 2. The third-order valence-electron chi connectivity index (χ3n) is 3.32. The van der Waals surface area contributed by atoms with Crippen LogP contribution in [0.4, 0.5) is 0 Å². The molecule has 1 rings (SSSR count). The van der Waals surface area contributed by atoms with Crippen LogP contribution in [0.15, 0.2) is 18.2 Å². The van der Waals surface area contributed by atoms with Crippen molar-refractivity contribution in [2.45, 2.75) is 25.7 Å². The zero-order valence-corrected chi connectivity index (χ0v) is 13.0. The first kappa shape index (κ1) is 16.3. The van der Waals surface area contributed by atoms with Crippen LogP contribution < -0.4 is 10.1 Å². The van der Waals surface area contributed by atoms with E-state index >= 15 is 0 Å².